The van der Waals surface area contributed by atoms with Gasteiger partial charge in [0.05, 0.1) is 12.6 Å². The van der Waals surface area contributed by atoms with Gasteiger partial charge in [0, 0.05) is 6.61 Å². The van der Waals surface area contributed by atoms with Crippen molar-refractivity contribution in [3.8, 4) is 6.07 Å². The van der Waals surface area contributed by atoms with Gasteiger partial charge in [0.2, 0.25) is 5.91 Å². The normalized spacial score (nSPS) is 20.8. The lowest BCUT2D eigenvalue weighted by Gasteiger charge is -2.32. The van der Waals surface area contributed by atoms with Crippen LogP contribution in [0.4, 0.5) is 0 Å². The second-order valence-corrected chi connectivity index (χ2v) is 5.92. The van der Waals surface area contributed by atoms with Crippen molar-refractivity contribution in [2.24, 2.45) is 11.8 Å². The van der Waals surface area contributed by atoms with E-state index in [4.69, 9.17) is 5.11 Å². The minimum absolute atomic E-state index is 0.0709. The van der Waals surface area contributed by atoms with Crippen LogP contribution in [0.3, 0.4) is 0 Å². The fourth-order valence-electron chi connectivity index (χ4n) is 2.16. The fraction of sp³-hybridized carbons (Fsp3) is 0.857. The molecule has 1 fully saturated rings. The zero-order valence-electron chi connectivity index (χ0n) is 12.1. The molecule has 0 spiro atoms. The Kier molecular flexibility index (Phi) is 5.77. The van der Waals surface area contributed by atoms with E-state index in [9.17, 15) is 10.1 Å². The Bertz CT molecular complexity index is 343. The maximum atomic E-state index is 12.0. The van der Waals surface area contributed by atoms with Gasteiger partial charge in [-0.1, -0.05) is 13.8 Å². The van der Waals surface area contributed by atoms with Crippen molar-refractivity contribution in [1.29, 1.82) is 5.26 Å². The molecule has 0 aromatic heterocycles. The highest BCUT2D eigenvalue weighted by molar-refractivity contribution is 5.79. The molecule has 0 bridgehead atoms. The fourth-order valence-corrected chi connectivity index (χ4v) is 2.16. The van der Waals surface area contributed by atoms with Crippen LogP contribution in [-0.4, -0.2) is 47.7 Å². The molecule has 0 saturated carbocycles. The predicted octanol–water partition coefficient (Wildman–Crippen LogP) is 0.745. The highest BCUT2D eigenvalue weighted by atomic mass is 16.3. The first-order valence-corrected chi connectivity index (χ1v) is 6.96. The van der Waals surface area contributed by atoms with E-state index in [1.54, 1.807) is 6.92 Å². The SMILES string of the molecule is CC(C)[C@](C)(C#N)NC(=O)CN1CCC(CO)CC1. The van der Waals surface area contributed by atoms with Gasteiger partial charge >= 0.3 is 0 Å². The van der Waals surface area contributed by atoms with E-state index in [0.717, 1.165) is 25.9 Å². The number of nitrogens with zero attached hydrogens (tertiary/aromatic N) is 2. The molecule has 0 unspecified atom stereocenters. The average Bonchev–Trinajstić information content (AvgIpc) is 2.39. The molecule has 0 aromatic rings. The van der Waals surface area contributed by atoms with Crippen LogP contribution in [0.15, 0.2) is 0 Å². The standard InChI is InChI=1S/C14H25N3O2/c1-11(2)14(3,10-15)16-13(19)8-17-6-4-12(9-18)5-7-17/h11-12,18H,4-9H2,1-3H3,(H,16,19)/t14-/m0/s1. The summed E-state index contributed by atoms with van der Waals surface area (Å²) in [7, 11) is 0. The molecule has 1 heterocycles. The average molecular weight is 267 g/mol. The lowest BCUT2D eigenvalue weighted by Crippen LogP contribution is -2.52. The van der Waals surface area contributed by atoms with Crippen LogP contribution in [0.25, 0.3) is 0 Å². The maximum absolute atomic E-state index is 12.0. The molecule has 108 valence electrons. The first kappa shape index (κ1) is 15.9. The summed E-state index contributed by atoms with van der Waals surface area (Å²) in [6.45, 7) is 7.86. The van der Waals surface area contributed by atoms with Gasteiger partial charge in [0.25, 0.3) is 0 Å². The Morgan fingerprint density at radius 1 is 1.53 bits per heavy atom. The van der Waals surface area contributed by atoms with E-state index in [0.29, 0.717) is 12.5 Å². The molecule has 1 aliphatic heterocycles. The Morgan fingerprint density at radius 3 is 2.53 bits per heavy atom. The zero-order chi connectivity index (χ0) is 14.5. The summed E-state index contributed by atoms with van der Waals surface area (Å²) in [6.07, 6.45) is 1.87. The van der Waals surface area contributed by atoms with Crippen LogP contribution in [0, 0.1) is 23.2 Å². The Balaban J connectivity index is 2.42. The molecule has 0 aliphatic carbocycles. The van der Waals surface area contributed by atoms with Gasteiger partial charge < -0.3 is 10.4 Å². The molecule has 1 rings (SSSR count). The van der Waals surface area contributed by atoms with Crippen molar-refractivity contribution < 1.29 is 9.90 Å². The number of hydrogen-bond acceptors (Lipinski definition) is 4. The number of carbonyl (C=O) groups excluding carboxylic acids is 1. The summed E-state index contributed by atoms with van der Waals surface area (Å²) in [6, 6.07) is 2.18. The van der Waals surface area contributed by atoms with Crippen LogP contribution in [0.5, 0.6) is 0 Å². The molecule has 0 aromatic carbocycles. The van der Waals surface area contributed by atoms with Crippen LogP contribution in [0.1, 0.15) is 33.6 Å². The minimum atomic E-state index is -0.805. The van der Waals surface area contributed by atoms with Crippen molar-refractivity contribution in [3.05, 3.63) is 0 Å². The molecule has 1 aliphatic rings. The van der Waals surface area contributed by atoms with Crippen molar-refractivity contribution >= 4 is 5.91 Å². The van der Waals surface area contributed by atoms with Crippen LogP contribution in [0.2, 0.25) is 0 Å². The van der Waals surface area contributed by atoms with Crippen LogP contribution in [-0.2, 0) is 4.79 Å². The number of likely N-dealkylation sites (tertiary alicyclic amines) is 1. The number of rotatable bonds is 5. The highest BCUT2D eigenvalue weighted by Crippen LogP contribution is 2.17. The summed E-state index contributed by atoms with van der Waals surface area (Å²) >= 11 is 0. The summed E-state index contributed by atoms with van der Waals surface area (Å²) in [4.78, 5) is 14.1. The number of nitriles is 1. The number of aliphatic hydroxyl groups is 1. The summed E-state index contributed by atoms with van der Waals surface area (Å²) in [5.74, 6) is 0.348. The maximum Gasteiger partial charge on any atom is 0.235 e. The number of nitrogens with one attached hydrogen (secondary N) is 1. The third-order valence-corrected chi connectivity index (χ3v) is 4.12. The number of amides is 1. The van der Waals surface area contributed by atoms with Gasteiger partial charge in [-0.25, -0.2) is 0 Å². The quantitative estimate of drug-likeness (QED) is 0.770. The van der Waals surface area contributed by atoms with Crippen molar-refractivity contribution in [3.63, 3.8) is 0 Å². The number of carbonyl (C=O) groups is 1. The van der Waals surface area contributed by atoms with Crippen LogP contribution < -0.4 is 5.32 Å². The molecule has 1 atom stereocenters. The van der Waals surface area contributed by atoms with Gasteiger partial charge in [-0.3, -0.25) is 9.69 Å². The highest BCUT2D eigenvalue weighted by Gasteiger charge is 2.30. The van der Waals surface area contributed by atoms with E-state index in [1.807, 2.05) is 13.8 Å². The van der Waals surface area contributed by atoms with Crippen molar-refractivity contribution in [1.82, 2.24) is 10.2 Å². The predicted molar refractivity (Wildman–Crippen MR) is 73.2 cm³/mol. The van der Waals surface area contributed by atoms with E-state index < -0.39 is 5.54 Å². The molecule has 19 heavy (non-hydrogen) atoms. The zero-order valence-corrected chi connectivity index (χ0v) is 12.1. The van der Waals surface area contributed by atoms with Gasteiger partial charge in [-0.15, -0.1) is 0 Å². The molecular formula is C14H25N3O2. The minimum Gasteiger partial charge on any atom is -0.396 e. The number of piperidine rings is 1. The first-order chi connectivity index (χ1) is 8.91. The van der Waals surface area contributed by atoms with Gasteiger partial charge in [-0.2, -0.15) is 5.26 Å². The van der Waals surface area contributed by atoms with Crippen LogP contribution >= 0.6 is 0 Å². The summed E-state index contributed by atoms with van der Waals surface area (Å²) < 4.78 is 0. The Labute approximate surface area is 115 Å². The molecule has 1 saturated heterocycles. The molecule has 0 radical (unpaired) electrons. The second kappa shape index (κ2) is 6.88. The number of aliphatic hydroxyl groups excluding tert-OH is 1. The molecular weight excluding hydrogens is 242 g/mol. The molecule has 5 nitrogen and oxygen atoms in total. The Hall–Kier alpha value is -1.12. The van der Waals surface area contributed by atoms with Crippen molar-refractivity contribution in [2.45, 2.75) is 39.2 Å². The third kappa shape index (κ3) is 4.48. The van der Waals surface area contributed by atoms with E-state index in [2.05, 4.69) is 16.3 Å². The lowest BCUT2D eigenvalue weighted by molar-refractivity contribution is -0.124. The molecule has 5 heteroatoms. The van der Waals surface area contributed by atoms with Crippen molar-refractivity contribution in [2.75, 3.05) is 26.2 Å². The van der Waals surface area contributed by atoms with E-state index in [1.165, 1.54) is 0 Å². The van der Waals surface area contributed by atoms with E-state index in [-0.39, 0.29) is 18.4 Å². The monoisotopic (exact) mass is 267 g/mol. The van der Waals surface area contributed by atoms with Gasteiger partial charge in [0.1, 0.15) is 5.54 Å². The molecule has 2 N–H and O–H groups in total. The van der Waals surface area contributed by atoms with Gasteiger partial charge in [0.15, 0.2) is 0 Å². The largest absolute Gasteiger partial charge is 0.396 e. The lowest BCUT2D eigenvalue weighted by atomic mass is 9.90. The van der Waals surface area contributed by atoms with E-state index >= 15 is 0 Å². The second-order valence-electron chi connectivity index (χ2n) is 5.92. The number of hydrogen-bond donors (Lipinski definition) is 2. The first-order valence-electron chi connectivity index (χ1n) is 6.96. The third-order valence-electron chi connectivity index (χ3n) is 4.12. The Morgan fingerprint density at radius 2 is 2.11 bits per heavy atom. The summed E-state index contributed by atoms with van der Waals surface area (Å²) in [5.41, 5.74) is -0.805. The van der Waals surface area contributed by atoms with Gasteiger partial charge in [-0.05, 0) is 44.7 Å². The summed E-state index contributed by atoms with van der Waals surface area (Å²) in [5, 5.41) is 21.1. The topological polar surface area (TPSA) is 76.4 Å². The molecule has 1 amide bonds. The smallest absolute Gasteiger partial charge is 0.235 e.